The second-order valence-corrected chi connectivity index (χ2v) is 8.71. The Morgan fingerprint density at radius 2 is 2.04 bits per heavy atom. The molecule has 1 atom stereocenters. The van der Waals surface area contributed by atoms with Gasteiger partial charge in [0.15, 0.2) is 0 Å². The van der Waals surface area contributed by atoms with Crippen LogP contribution >= 0.6 is 11.3 Å². The summed E-state index contributed by atoms with van der Waals surface area (Å²) in [7, 11) is 4.12. The number of likely N-dealkylation sites (N-methyl/N-ethyl adjacent to an activating group) is 1. The number of urea groups is 1. The van der Waals surface area contributed by atoms with Crippen LogP contribution in [0.25, 0.3) is 10.9 Å². The zero-order chi connectivity index (χ0) is 19.5. The number of benzene rings is 1. The molecule has 2 amide bonds. The average Bonchev–Trinajstić information content (AvgIpc) is 3.38. The lowest BCUT2D eigenvalue weighted by atomic mass is 9.89. The van der Waals surface area contributed by atoms with E-state index in [-0.39, 0.29) is 12.1 Å². The number of likely N-dealkylation sites (tertiary alicyclic amines) is 1. The molecule has 1 unspecified atom stereocenters. The summed E-state index contributed by atoms with van der Waals surface area (Å²) in [5.74, 6) is 0.515. The summed E-state index contributed by atoms with van der Waals surface area (Å²) in [6, 6.07) is 12.9. The fourth-order valence-corrected chi connectivity index (χ4v) is 5.06. The van der Waals surface area contributed by atoms with Crippen molar-refractivity contribution < 1.29 is 4.79 Å². The molecule has 148 valence electrons. The molecule has 0 aliphatic carbocycles. The van der Waals surface area contributed by atoms with E-state index in [2.05, 4.69) is 77.3 Å². The zero-order valence-electron chi connectivity index (χ0n) is 16.5. The molecule has 0 saturated carbocycles. The molecule has 0 bridgehead atoms. The van der Waals surface area contributed by atoms with Crippen molar-refractivity contribution in [2.75, 3.05) is 33.7 Å². The van der Waals surface area contributed by atoms with Gasteiger partial charge in [0.2, 0.25) is 0 Å². The summed E-state index contributed by atoms with van der Waals surface area (Å²) >= 11 is 1.74. The van der Waals surface area contributed by atoms with Crippen LogP contribution in [0.5, 0.6) is 0 Å². The van der Waals surface area contributed by atoms with Crippen LogP contribution in [0.15, 0.2) is 48.0 Å². The second kappa shape index (κ2) is 8.37. The maximum Gasteiger partial charge on any atom is 0.317 e. The minimum Gasteiger partial charge on any atom is -0.361 e. The van der Waals surface area contributed by atoms with E-state index in [4.69, 9.17) is 0 Å². The van der Waals surface area contributed by atoms with Gasteiger partial charge in [-0.2, -0.15) is 0 Å². The van der Waals surface area contributed by atoms with E-state index in [0.717, 1.165) is 25.9 Å². The highest BCUT2D eigenvalue weighted by Crippen LogP contribution is 2.33. The third-order valence-corrected chi connectivity index (χ3v) is 6.76. The first-order chi connectivity index (χ1) is 13.6. The Morgan fingerprint density at radius 1 is 1.25 bits per heavy atom. The van der Waals surface area contributed by atoms with Crippen molar-refractivity contribution in [3.8, 4) is 0 Å². The Hall–Kier alpha value is -2.31. The lowest BCUT2D eigenvalue weighted by Crippen LogP contribution is -2.46. The van der Waals surface area contributed by atoms with Crippen LogP contribution in [0, 0.1) is 0 Å². The predicted molar refractivity (Wildman–Crippen MR) is 116 cm³/mol. The van der Waals surface area contributed by atoms with Gasteiger partial charge < -0.3 is 20.1 Å². The number of para-hydroxylation sites is 1. The largest absolute Gasteiger partial charge is 0.361 e. The number of nitrogens with one attached hydrogen (secondary N) is 2. The Bertz CT molecular complexity index is 910. The van der Waals surface area contributed by atoms with Gasteiger partial charge >= 0.3 is 6.03 Å². The maximum atomic E-state index is 12.7. The first-order valence-corrected chi connectivity index (χ1v) is 10.8. The highest BCUT2D eigenvalue weighted by atomic mass is 32.1. The maximum absolute atomic E-state index is 12.7. The number of H-pyrrole nitrogens is 1. The molecule has 1 aliphatic rings. The number of amides is 2. The molecule has 0 radical (unpaired) electrons. The summed E-state index contributed by atoms with van der Waals surface area (Å²) in [6.45, 7) is 2.25. The molecule has 1 aromatic carbocycles. The van der Waals surface area contributed by atoms with Gasteiger partial charge in [-0.25, -0.2) is 4.79 Å². The molecule has 2 N–H and O–H groups in total. The van der Waals surface area contributed by atoms with E-state index >= 15 is 0 Å². The van der Waals surface area contributed by atoms with Gasteiger partial charge in [0.1, 0.15) is 0 Å². The number of fused-ring (bicyclic) bond motifs is 1. The van der Waals surface area contributed by atoms with Crippen molar-refractivity contribution in [2.45, 2.75) is 24.8 Å². The Kier molecular flexibility index (Phi) is 5.69. The molecule has 1 saturated heterocycles. The minimum absolute atomic E-state index is 0.0563. The Morgan fingerprint density at radius 3 is 2.75 bits per heavy atom. The smallest absolute Gasteiger partial charge is 0.317 e. The lowest BCUT2D eigenvalue weighted by Gasteiger charge is -2.33. The fourth-order valence-electron chi connectivity index (χ4n) is 4.14. The summed E-state index contributed by atoms with van der Waals surface area (Å²) in [4.78, 5) is 21.5. The van der Waals surface area contributed by atoms with Gasteiger partial charge in [0.05, 0.1) is 6.04 Å². The number of carbonyl (C=O) groups is 1. The predicted octanol–water partition coefficient (Wildman–Crippen LogP) is 4.42. The molecule has 1 fully saturated rings. The van der Waals surface area contributed by atoms with Crippen LogP contribution in [-0.2, 0) is 0 Å². The normalized spacial score (nSPS) is 16.6. The van der Waals surface area contributed by atoms with Crippen molar-refractivity contribution in [3.63, 3.8) is 0 Å². The fraction of sp³-hybridized carbons (Fsp3) is 0.409. The molecule has 6 heteroatoms. The van der Waals surface area contributed by atoms with Crippen molar-refractivity contribution in [3.05, 3.63) is 58.4 Å². The number of thiophene rings is 1. The monoisotopic (exact) mass is 396 g/mol. The summed E-state index contributed by atoms with van der Waals surface area (Å²) in [5, 5.41) is 6.55. The summed E-state index contributed by atoms with van der Waals surface area (Å²) in [6.07, 6.45) is 4.17. The number of rotatable bonds is 5. The van der Waals surface area contributed by atoms with Crippen molar-refractivity contribution >= 4 is 28.3 Å². The topological polar surface area (TPSA) is 51.4 Å². The van der Waals surface area contributed by atoms with Crippen LogP contribution in [0.3, 0.4) is 0 Å². The zero-order valence-corrected chi connectivity index (χ0v) is 17.3. The van der Waals surface area contributed by atoms with Gasteiger partial charge in [-0.1, -0.05) is 24.3 Å². The molecule has 2 aromatic heterocycles. The first-order valence-electron chi connectivity index (χ1n) is 9.92. The highest BCUT2D eigenvalue weighted by Gasteiger charge is 2.26. The third kappa shape index (κ3) is 3.93. The van der Waals surface area contributed by atoms with Gasteiger partial charge in [0.25, 0.3) is 0 Å². The average molecular weight is 397 g/mol. The van der Waals surface area contributed by atoms with Gasteiger partial charge in [-0.3, -0.25) is 0 Å². The van der Waals surface area contributed by atoms with E-state index < -0.39 is 0 Å². The van der Waals surface area contributed by atoms with Gasteiger partial charge in [-0.15, -0.1) is 11.3 Å². The Balaban J connectivity index is 1.33. The van der Waals surface area contributed by atoms with Gasteiger partial charge in [0, 0.05) is 41.6 Å². The molecule has 1 aliphatic heterocycles. The summed E-state index contributed by atoms with van der Waals surface area (Å²) in [5.41, 5.74) is 2.59. The molecule has 3 heterocycles. The molecule has 5 nitrogen and oxygen atoms in total. The van der Waals surface area contributed by atoms with Crippen molar-refractivity contribution in [2.24, 2.45) is 0 Å². The Labute approximate surface area is 170 Å². The van der Waals surface area contributed by atoms with E-state index in [9.17, 15) is 4.79 Å². The molecular weight excluding hydrogens is 368 g/mol. The minimum atomic E-state index is 0.0563. The van der Waals surface area contributed by atoms with Crippen molar-refractivity contribution in [1.82, 2.24) is 20.1 Å². The van der Waals surface area contributed by atoms with Crippen LogP contribution < -0.4 is 5.32 Å². The molecule has 4 rings (SSSR count). The molecule has 28 heavy (non-hydrogen) atoms. The van der Waals surface area contributed by atoms with E-state index in [0.29, 0.717) is 12.5 Å². The highest BCUT2D eigenvalue weighted by molar-refractivity contribution is 7.10. The van der Waals surface area contributed by atoms with Crippen LogP contribution in [0.1, 0.15) is 35.2 Å². The standard InChI is InChI=1S/C22H28N4OS/c1-25(2)20(21-8-5-13-28-21)15-24-22(27)26-11-9-16(10-12-26)18-14-23-19-7-4-3-6-17(18)19/h3-8,13-14,16,20,23H,9-12,15H2,1-2H3,(H,24,27). The summed E-state index contributed by atoms with van der Waals surface area (Å²) < 4.78 is 0. The number of hydrogen-bond donors (Lipinski definition) is 2. The van der Waals surface area contributed by atoms with E-state index in [1.807, 2.05) is 4.90 Å². The number of piperidine rings is 1. The quantitative estimate of drug-likeness (QED) is 0.671. The van der Waals surface area contributed by atoms with Gasteiger partial charge in [-0.05, 0) is 55.9 Å². The second-order valence-electron chi connectivity index (χ2n) is 7.73. The molecular formula is C22H28N4OS. The SMILES string of the molecule is CN(C)C(CNC(=O)N1CCC(c2c[nH]c3ccccc23)CC1)c1cccs1. The van der Waals surface area contributed by atoms with Crippen LogP contribution in [0.2, 0.25) is 0 Å². The first kappa shape index (κ1) is 19.0. The number of nitrogens with zero attached hydrogens (tertiary/aromatic N) is 2. The van der Waals surface area contributed by atoms with E-state index in [1.165, 1.54) is 21.3 Å². The van der Waals surface area contributed by atoms with E-state index in [1.54, 1.807) is 11.3 Å². The van der Waals surface area contributed by atoms with Crippen LogP contribution in [-0.4, -0.2) is 54.5 Å². The number of hydrogen-bond acceptors (Lipinski definition) is 3. The molecule has 3 aromatic rings. The lowest BCUT2D eigenvalue weighted by molar-refractivity contribution is 0.177. The van der Waals surface area contributed by atoms with Crippen molar-refractivity contribution in [1.29, 1.82) is 0 Å². The van der Waals surface area contributed by atoms with Crippen LogP contribution in [0.4, 0.5) is 4.79 Å². The number of carbonyl (C=O) groups excluding carboxylic acids is 1. The number of aromatic amines is 1. The number of aromatic nitrogens is 1. The third-order valence-electron chi connectivity index (χ3n) is 5.78. The molecule has 0 spiro atoms.